The first-order valence-corrected chi connectivity index (χ1v) is 9.09. The molecule has 0 saturated carbocycles. The van der Waals surface area contributed by atoms with Crippen LogP contribution in [0.3, 0.4) is 0 Å². The number of amides is 1. The topological polar surface area (TPSA) is 90.5 Å². The van der Waals surface area contributed by atoms with Crippen LogP contribution in [0.2, 0.25) is 0 Å². The van der Waals surface area contributed by atoms with E-state index in [1.165, 1.54) is 11.0 Å². The highest BCUT2D eigenvalue weighted by Crippen LogP contribution is 2.25. The van der Waals surface area contributed by atoms with Crippen LogP contribution in [-0.2, 0) is 11.8 Å². The number of aryl methyl sites for hydroxylation is 1. The first-order valence-electron chi connectivity index (χ1n) is 9.09. The summed E-state index contributed by atoms with van der Waals surface area (Å²) in [4.78, 5) is 17.8. The van der Waals surface area contributed by atoms with Gasteiger partial charge in [0.25, 0.3) is 5.91 Å². The molecule has 2 aromatic carbocycles. The molecule has 1 N–H and O–H groups in total. The van der Waals surface area contributed by atoms with E-state index >= 15 is 0 Å². The summed E-state index contributed by atoms with van der Waals surface area (Å²) in [5, 5.41) is 14.2. The summed E-state index contributed by atoms with van der Waals surface area (Å²) in [6.07, 6.45) is 1.44. The molecule has 8 heteroatoms. The van der Waals surface area contributed by atoms with Crippen LogP contribution < -0.4 is 5.32 Å². The third-order valence-corrected chi connectivity index (χ3v) is 4.69. The highest BCUT2D eigenvalue weighted by atomic mass is 16.2. The zero-order valence-electron chi connectivity index (χ0n) is 15.9. The van der Waals surface area contributed by atoms with Crippen molar-refractivity contribution < 1.29 is 4.79 Å². The minimum absolute atomic E-state index is 0.224. The molecule has 4 rings (SSSR count). The Morgan fingerprint density at radius 3 is 2.57 bits per heavy atom. The zero-order valence-corrected chi connectivity index (χ0v) is 15.9. The summed E-state index contributed by atoms with van der Waals surface area (Å²) < 4.78 is 3.53. The van der Waals surface area contributed by atoms with Crippen LogP contribution in [0, 0.1) is 0 Å². The smallest absolute Gasteiger partial charge is 0.253 e. The second kappa shape index (κ2) is 7.22. The molecule has 0 radical (unpaired) electrons. The van der Waals surface area contributed by atoms with Gasteiger partial charge in [0.1, 0.15) is 12.2 Å². The minimum Gasteiger partial charge on any atom is -0.331 e. The third-order valence-electron chi connectivity index (χ3n) is 4.69. The minimum atomic E-state index is -0.665. The van der Waals surface area contributed by atoms with Crippen molar-refractivity contribution in [3.63, 3.8) is 0 Å². The molecule has 0 aliphatic carbocycles. The molecule has 28 heavy (non-hydrogen) atoms. The number of hydrogen-bond donors (Lipinski definition) is 1. The van der Waals surface area contributed by atoms with Crippen LogP contribution in [-0.4, -0.2) is 35.7 Å². The fourth-order valence-corrected chi connectivity index (χ4v) is 3.37. The second-order valence-electron chi connectivity index (χ2n) is 6.98. The molecular formula is C20H21N7O. The predicted molar refractivity (Wildman–Crippen MR) is 106 cm³/mol. The Kier molecular flexibility index (Phi) is 4.60. The van der Waals surface area contributed by atoms with E-state index in [1.807, 2.05) is 55.6 Å². The van der Waals surface area contributed by atoms with Crippen molar-refractivity contribution in [2.24, 2.45) is 7.05 Å². The SMILES string of the molecule is CC(C)c1nc2cc(NC(=O)[C@H](c3ccccc3)n3cnnn3)ccc2n1C. The fraction of sp³-hybridized carbons (Fsp3) is 0.250. The van der Waals surface area contributed by atoms with Gasteiger partial charge in [0, 0.05) is 18.7 Å². The summed E-state index contributed by atoms with van der Waals surface area (Å²) >= 11 is 0. The predicted octanol–water partition coefficient (Wildman–Crippen LogP) is 2.91. The highest BCUT2D eigenvalue weighted by molar-refractivity contribution is 5.97. The molecule has 142 valence electrons. The van der Waals surface area contributed by atoms with Gasteiger partial charge in [-0.3, -0.25) is 4.79 Å². The molecule has 1 amide bonds. The van der Waals surface area contributed by atoms with Crippen molar-refractivity contribution in [2.45, 2.75) is 25.8 Å². The van der Waals surface area contributed by atoms with E-state index in [1.54, 1.807) is 0 Å². The number of benzene rings is 2. The number of hydrogen-bond acceptors (Lipinski definition) is 5. The van der Waals surface area contributed by atoms with Gasteiger partial charge in [-0.1, -0.05) is 44.2 Å². The molecule has 0 unspecified atom stereocenters. The summed E-state index contributed by atoms with van der Waals surface area (Å²) in [5.74, 6) is 1.10. The Labute approximate surface area is 162 Å². The molecule has 0 saturated heterocycles. The van der Waals surface area contributed by atoms with E-state index in [0.717, 1.165) is 22.4 Å². The number of anilines is 1. The zero-order chi connectivity index (χ0) is 19.7. The summed E-state index contributed by atoms with van der Waals surface area (Å²) in [7, 11) is 2.01. The molecule has 2 aromatic heterocycles. The monoisotopic (exact) mass is 375 g/mol. The fourth-order valence-electron chi connectivity index (χ4n) is 3.37. The Morgan fingerprint density at radius 1 is 1.11 bits per heavy atom. The van der Waals surface area contributed by atoms with E-state index in [2.05, 4.69) is 39.3 Å². The van der Waals surface area contributed by atoms with E-state index < -0.39 is 6.04 Å². The molecule has 0 aliphatic heterocycles. The Hall–Kier alpha value is -3.55. The van der Waals surface area contributed by atoms with Gasteiger partial charge >= 0.3 is 0 Å². The highest BCUT2D eigenvalue weighted by Gasteiger charge is 2.24. The molecule has 1 atom stereocenters. The van der Waals surface area contributed by atoms with Gasteiger partial charge in [-0.15, -0.1) is 5.10 Å². The second-order valence-corrected chi connectivity index (χ2v) is 6.98. The number of tetrazole rings is 1. The number of nitrogens with zero attached hydrogens (tertiary/aromatic N) is 6. The maximum atomic E-state index is 13.1. The molecule has 0 spiro atoms. The van der Waals surface area contributed by atoms with Gasteiger partial charge in [-0.25, -0.2) is 9.67 Å². The van der Waals surface area contributed by atoms with Crippen LogP contribution in [0.15, 0.2) is 54.9 Å². The number of rotatable bonds is 5. The number of fused-ring (bicyclic) bond motifs is 1. The molecular weight excluding hydrogens is 354 g/mol. The van der Waals surface area contributed by atoms with Crippen molar-refractivity contribution >= 4 is 22.6 Å². The van der Waals surface area contributed by atoms with Gasteiger partial charge in [0.2, 0.25) is 0 Å². The standard InChI is InChI=1S/C20H21N7O/c1-13(2)19-23-16-11-15(9-10-17(16)26(19)3)22-20(28)18(27-12-21-24-25-27)14-7-5-4-6-8-14/h4-13,18H,1-3H3,(H,22,28)/t18-/m0/s1. The summed E-state index contributed by atoms with van der Waals surface area (Å²) in [6, 6.07) is 14.5. The number of aromatic nitrogens is 6. The van der Waals surface area contributed by atoms with Gasteiger partial charge in [-0.2, -0.15) is 0 Å². The average Bonchev–Trinajstić information content (AvgIpc) is 3.31. The Bertz CT molecular complexity index is 1100. The molecule has 2 heterocycles. The van der Waals surface area contributed by atoms with E-state index in [-0.39, 0.29) is 5.91 Å². The number of nitrogens with one attached hydrogen (secondary N) is 1. The van der Waals surface area contributed by atoms with E-state index in [4.69, 9.17) is 4.98 Å². The lowest BCUT2D eigenvalue weighted by atomic mass is 10.1. The summed E-state index contributed by atoms with van der Waals surface area (Å²) in [5.41, 5.74) is 3.36. The Balaban J connectivity index is 1.66. The van der Waals surface area contributed by atoms with Crippen LogP contribution in [0.4, 0.5) is 5.69 Å². The van der Waals surface area contributed by atoms with E-state index in [0.29, 0.717) is 11.6 Å². The van der Waals surface area contributed by atoms with Crippen LogP contribution in [0.25, 0.3) is 11.0 Å². The van der Waals surface area contributed by atoms with Crippen molar-refractivity contribution in [2.75, 3.05) is 5.32 Å². The van der Waals surface area contributed by atoms with Crippen molar-refractivity contribution in [1.29, 1.82) is 0 Å². The normalized spacial score (nSPS) is 12.4. The van der Waals surface area contributed by atoms with Gasteiger partial charge < -0.3 is 9.88 Å². The summed E-state index contributed by atoms with van der Waals surface area (Å²) in [6.45, 7) is 4.22. The first kappa shape index (κ1) is 17.8. The van der Waals surface area contributed by atoms with Gasteiger partial charge in [-0.05, 0) is 34.2 Å². The number of imidazole rings is 1. The quantitative estimate of drug-likeness (QED) is 0.579. The van der Waals surface area contributed by atoms with Crippen molar-refractivity contribution in [1.82, 2.24) is 29.8 Å². The van der Waals surface area contributed by atoms with Crippen molar-refractivity contribution in [3.8, 4) is 0 Å². The molecule has 0 fully saturated rings. The first-order chi connectivity index (χ1) is 13.5. The third kappa shape index (κ3) is 3.24. The van der Waals surface area contributed by atoms with E-state index in [9.17, 15) is 4.79 Å². The largest absolute Gasteiger partial charge is 0.331 e. The van der Waals surface area contributed by atoms with Crippen LogP contribution in [0.5, 0.6) is 0 Å². The number of carbonyl (C=O) groups is 1. The maximum absolute atomic E-state index is 13.1. The number of carbonyl (C=O) groups excluding carboxylic acids is 1. The average molecular weight is 375 g/mol. The lowest BCUT2D eigenvalue weighted by molar-refractivity contribution is -0.118. The lowest BCUT2D eigenvalue weighted by Gasteiger charge is -2.16. The Morgan fingerprint density at radius 2 is 1.89 bits per heavy atom. The molecule has 4 aromatic rings. The van der Waals surface area contributed by atoms with Crippen LogP contribution in [0.1, 0.15) is 37.2 Å². The van der Waals surface area contributed by atoms with Crippen LogP contribution >= 0.6 is 0 Å². The maximum Gasteiger partial charge on any atom is 0.253 e. The van der Waals surface area contributed by atoms with Crippen molar-refractivity contribution in [3.05, 3.63) is 66.2 Å². The molecule has 8 nitrogen and oxygen atoms in total. The van der Waals surface area contributed by atoms with Gasteiger partial charge in [0.05, 0.1) is 11.0 Å². The lowest BCUT2D eigenvalue weighted by Crippen LogP contribution is -2.27. The van der Waals surface area contributed by atoms with Gasteiger partial charge in [0.15, 0.2) is 6.04 Å². The molecule has 0 bridgehead atoms. The molecule has 0 aliphatic rings.